The summed E-state index contributed by atoms with van der Waals surface area (Å²) >= 11 is 1.48. The van der Waals surface area contributed by atoms with Gasteiger partial charge in [0.05, 0.1) is 4.91 Å². The molecule has 1 atom stereocenters. The molecule has 0 aliphatic heterocycles. The number of hydrogen-bond acceptors (Lipinski definition) is 3. The minimum Gasteiger partial charge on any atom is -0.286 e. The fourth-order valence-electron chi connectivity index (χ4n) is 1.60. The number of thioether (sulfide) groups is 1. The normalized spacial score (nSPS) is 24.4. The van der Waals surface area contributed by atoms with Crippen molar-refractivity contribution in [1.82, 2.24) is 0 Å². The summed E-state index contributed by atoms with van der Waals surface area (Å²) in [5, 5.41) is 0.277. The largest absolute Gasteiger partial charge is 0.286 e. The monoisotopic (exact) mass is 232 g/mol. The molecule has 0 saturated heterocycles. The van der Waals surface area contributed by atoms with E-state index in [0.29, 0.717) is 4.91 Å². The van der Waals surface area contributed by atoms with Crippen LogP contribution in [0.2, 0.25) is 0 Å². The molecule has 3 heteroatoms. The summed E-state index contributed by atoms with van der Waals surface area (Å²) in [6.45, 7) is 2.05. The summed E-state index contributed by atoms with van der Waals surface area (Å²) in [4.78, 5) is 23.3. The Kier molecular flexibility index (Phi) is 3.25. The summed E-state index contributed by atoms with van der Waals surface area (Å²) < 4.78 is 0. The average Bonchev–Trinajstić information content (AvgIpc) is 2.28. The molecule has 0 N–H and O–H groups in total. The van der Waals surface area contributed by atoms with Gasteiger partial charge in [-0.1, -0.05) is 29.9 Å². The first-order chi connectivity index (χ1) is 7.68. The SMILES string of the molecule is CC1=CC=CCC1SC1=CC=CC(=O)C1=O. The third-order valence-electron chi connectivity index (χ3n) is 2.57. The van der Waals surface area contributed by atoms with Crippen molar-refractivity contribution in [2.75, 3.05) is 0 Å². The minimum absolute atomic E-state index is 0.277. The lowest BCUT2D eigenvalue weighted by atomic mass is 10.1. The Balaban J connectivity index is 2.11. The molecule has 1 unspecified atom stereocenters. The highest BCUT2D eigenvalue weighted by Gasteiger charge is 2.23. The first-order valence-electron chi connectivity index (χ1n) is 5.15. The summed E-state index contributed by atoms with van der Waals surface area (Å²) in [6.07, 6.45) is 11.7. The molecule has 0 amide bonds. The van der Waals surface area contributed by atoms with Gasteiger partial charge in [0, 0.05) is 5.25 Å². The Labute approximate surface area is 98.8 Å². The second-order valence-electron chi connectivity index (χ2n) is 3.76. The lowest BCUT2D eigenvalue weighted by molar-refractivity contribution is -0.131. The molecule has 2 aliphatic carbocycles. The standard InChI is InChI=1S/C13H12O2S/c1-9-5-2-3-7-11(9)16-12-8-4-6-10(14)13(12)15/h2-6,8,11H,7H2,1H3. The Bertz CT molecular complexity index is 453. The van der Waals surface area contributed by atoms with Gasteiger partial charge in [-0.25, -0.2) is 0 Å². The van der Waals surface area contributed by atoms with Crippen LogP contribution in [0.4, 0.5) is 0 Å². The van der Waals surface area contributed by atoms with Crippen molar-refractivity contribution in [2.45, 2.75) is 18.6 Å². The van der Waals surface area contributed by atoms with Gasteiger partial charge in [0.15, 0.2) is 0 Å². The molecule has 0 heterocycles. The molecule has 0 radical (unpaired) electrons. The molecule has 0 aromatic carbocycles. The molecule has 2 aliphatic rings. The van der Waals surface area contributed by atoms with Crippen LogP contribution in [0.5, 0.6) is 0 Å². The number of rotatable bonds is 2. The predicted molar refractivity (Wildman–Crippen MR) is 66.1 cm³/mol. The number of ketones is 2. The van der Waals surface area contributed by atoms with E-state index in [1.165, 1.54) is 23.4 Å². The van der Waals surface area contributed by atoms with Gasteiger partial charge in [0.1, 0.15) is 0 Å². The summed E-state index contributed by atoms with van der Waals surface area (Å²) in [5.41, 5.74) is 1.24. The van der Waals surface area contributed by atoms with Crippen molar-refractivity contribution < 1.29 is 9.59 Å². The van der Waals surface area contributed by atoms with Crippen LogP contribution in [0.25, 0.3) is 0 Å². The zero-order valence-electron chi connectivity index (χ0n) is 8.97. The van der Waals surface area contributed by atoms with Crippen LogP contribution in [0.15, 0.2) is 46.9 Å². The number of allylic oxidation sites excluding steroid dienone is 7. The molecule has 0 spiro atoms. The molecule has 16 heavy (non-hydrogen) atoms. The van der Waals surface area contributed by atoms with Gasteiger partial charge in [-0.05, 0) is 25.5 Å². The van der Waals surface area contributed by atoms with Crippen molar-refractivity contribution in [2.24, 2.45) is 0 Å². The third kappa shape index (κ3) is 2.25. The van der Waals surface area contributed by atoms with E-state index < -0.39 is 5.78 Å². The van der Waals surface area contributed by atoms with Crippen LogP contribution >= 0.6 is 11.8 Å². The first kappa shape index (κ1) is 11.1. The fraction of sp³-hybridized carbons (Fsp3) is 0.231. The molecule has 2 rings (SSSR count). The van der Waals surface area contributed by atoms with Crippen molar-refractivity contribution >= 4 is 23.3 Å². The maximum absolute atomic E-state index is 11.6. The number of carbonyl (C=O) groups is 2. The Morgan fingerprint density at radius 1 is 1.25 bits per heavy atom. The second kappa shape index (κ2) is 4.66. The summed E-state index contributed by atoms with van der Waals surface area (Å²) in [5.74, 6) is -0.798. The van der Waals surface area contributed by atoms with Crippen molar-refractivity contribution in [3.8, 4) is 0 Å². The van der Waals surface area contributed by atoms with Crippen LogP contribution < -0.4 is 0 Å². The van der Waals surface area contributed by atoms with Crippen molar-refractivity contribution in [3.63, 3.8) is 0 Å². The first-order valence-corrected chi connectivity index (χ1v) is 6.03. The van der Waals surface area contributed by atoms with E-state index >= 15 is 0 Å². The average molecular weight is 232 g/mol. The van der Waals surface area contributed by atoms with E-state index in [0.717, 1.165) is 6.42 Å². The summed E-state index contributed by atoms with van der Waals surface area (Å²) in [7, 11) is 0. The third-order valence-corrected chi connectivity index (χ3v) is 3.99. The van der Waals surface area contributed by atoms with Gasteiger partial charge in [0.2, 0.25) is 11.6 Å². The maximum atomic E-state index is 11.6. The van der Waals surface area contributed by atoms with Gasteiger partial charge < -0.3 is 0 Å². The fourth-order valence-corrected chi connectivity index (χ4v) is 2.74. The molecule has 0 aromatic heterocycles. The van der Waals surface area contributed by atoms with Crippen LogP contribution in [-0.4, -0.2) is 16.8 Å². The molecule has 0 fully saturated rings. The van der Waals surface area contributed by atoms with E-state index in [1.807, 2.05) is 19.1 Å². The van der Waals surface area contributed by atoms with Gasteiger partial charge in [-0.3, -0.25) is 9.59 Å². The number of hydrogen-bond donors (Lipinski definition) is 0. The number of carbonyl (C=O) groups excluding carboxylic acids is 2. The van der Waals surface area contributed by atoms with Gasteiger partial charge in [-0.15, -0.1) is 11.8 Å². The molecule has 2 nitrogen and oxygen atoms in total. The summed E-state index contributed by atoms with van der Waals surface area (Å²) in [6, 6.07) is 0. The molecule has 0 bridgehead atoms. The van der Waals surface area contributed by atoms with Crippen molar-refractivity contribution in [3.05, 3.63) is 46.9 Å². The highest BCUT2D eigenvalue weighted by atomic mass is 32.2. The van der Waals surface area contributed by atoms with Crippen LogP contribution in [0.1, 0.15) is 13.3 Å². The highest BCUT2D eigenvalue weighted by Crippen LogP contribution is 2.33. The Morgan fingerprint density at radius 2 is 2.06 bits per heavy atom. The Morgan fingerprint density at radius 3 is 2.81 bits per heavy atom. The zero-order valence-corrected chi connectivity index (χ0v) is 9.79. The molecule has 0 saturated carbocycles. The van der Waals surface area contributed by atoms with E-state index in [2.05, 4.69) is 6.08 Å². The molecule has 0 aromatic rings. The maximum Gasteiger partial charge on any atom is 0.239 e. The predicted octanol–water partition coefficient (Wildman–Crippen LogP) is 2.59. The highest BCUT2D eigenvalue weighted by molar-refractivity contribution is 8.04. The quantitative estimate of drug-likeness (QED) is 0.542. The van der Waals surface area contributed by atoms with Gasteiger partial charge in [-0.2, -0.15) is 0 Å². The Hall–Kier alpha value is -1.35. The van der Waals surface area contributed by atoms with Gasteiger partial charge >= 0.3 is 0 Å². The lowest BCUT2D eigenvalue weighted by Gasteiger charge is -2.19. The second-order valence-corrected chi connectivity index (χ2v) is 5.01. The molecular weight excluding hydrogens is 220 g/mol. The molecule has 82 valence electrons. The van der Waals surface area contributed by atoms with E-state index in [9.17, 15) is 9.59 Å². The molecular formula is C13H12O2S. The smallest absolute Gasteiger partial charge is 0.239 e. The topological polar surface area (TPSA) is 34.1 Å². The van der Waals surface area contributed by atoms with E-state index in [-0.39, 0.29) is 11.0 Å². The lowest BCUT2D eigenvalue weighted by Crippen LogP contribution is -2.17. The zero-order chi connectivity index (χ0) is 11.5. The van der Waals surface area contributed by atoms with E-state index in [4.69, 9.17) is 0 Å². The number of Topliss-reactive ketones (excluding diaryl/α,β-unsaturated/α-hetero) is 1. The van der Waals surface area contributed by atoms with Gasteiger partial charge in [0.25, 0.3) is 0 Å². The van der Waals surface area contributed by atoms with Crippen LogP contribution in [-0.2, 0) is 9.59 Å². The van der Waals surface area contributed by atoms with Crippen LogP contribution in [0.3, 0.4) is 0 Å². The van der Waals surface area contributed by atoms with Crippen molar-refractivity contribution in [1.29, 1.82) is 0 Å². The van der Waals surface area contributed by atoms with Crippen LogP contribution in [0, 0.1) is 0 Å². The van der Waals surface area contributed by atoms with E-state index in [1.54, 1.807) is 12.2 Å². The minimum atomic E-state index is -0.419.